The highest BCUT2D eigenvalue weighted by Crippen LogP contribution is 2.42. The maximum Gasteiger partial charge on any atom is 0.421 e. The molecule has 0 aliphatic carbocycles. The van der Waals surface area contributed by atoms with Crippen molar-refractivity contribution in [1.82, 2.24) is 0 Å². The van der Waals surface area contributed by atoms with Crippen molar-refractivity contribution < 1.29 is 37.3 Å². The number of hydrogen-bond acceptors (Lipinski definition) is 5. The molecular formula is C14H17F3O5. The van der Waals surface area contributed by atoms with Gasteiger partial charge in [-0.2, -0.15) is 13.2 Å². The van der Waals surface area contributed by atoms with Crippen molar-refractivity contribution in [2.45, 2.75) is 24.5 Å². The van der Waals surface area contributed by atoms with Gasteiger partial charge in [-0.15, -0.1) is 0 Å². The number of carbonyl (C=O) groups excluding carboxylic acids is 1. The predicted molar refractivity (Wildman–Crippen MR) is 70.4 cm³/mol. The van der Waals surface area contributed by atoms with Crippen molar-refractivity contribution in [3.05, 3.63) is 29.8 Å². The molecule has 1 rings (SSSR count). The SMILES string of the molecule is COc1ccc([C@@](O)(CC(=O)C(OC)OC)C(F)(F)F)cc1. The topological polar surface area (TPSA) is 65.0 Å². The van der Waals surface area contributed by atoms with E-state index in [9.17, 15) is 23.1 Å². The average Bonchev–Trinajstić information content (AvgIpc) is 2.47. The summed E-state index contributed by atoms with van der Waals surface area (Å²) in [6.45, 7) is 0. The number of carbonyl (C=O) groups is 1. The highest BCUT2D eigenvalue weighted by molar-refractivity contribution is 5.83. The lowest BCUT2D eigenvalue weighted by Crippen LogP contribution is -2.46. The van der Waals surface area contributed by atoms with Crippen LogP contribution >= 0.6 is 0 Å². The molecule has 22 heavy (non-hydrogen) atoms. The van der Waals surface area contributed by atoms with Crippen molar-refractivity contribution in [2.75, 3.05) is 21.3 Å². The van der Waals surface area contributed by atoms with Crippen LogP contribution in [0.25, 0.3) is 0 Å². The van der Waals surface area contributed by atoms with Crippen LogP contribution in [-0.4, -0.2) is 44.7 Å². The van der Waals surface area contributed by atoms with Gasteiger partial charge in [0.25, 0.3) is 0 Å². The summed E-state index contributed by atoms with van der Waals surface area (Å²) in [5.41, 5.74) is -3.81. The minimum absolute atomic E-state index is 0.325. The van der Waals surface area contributed by atoms with E-state index < -0.39 is 35.8 Å². The third kappa shape index (κ3) is 3.76. The number of methoxy groups -OCH3 is 3. The third-order valence-corrected chi connectivity index (χ3v) is 3.16. The first-order valence-corrected chi connectivity index (χ1v) is 6.21. The first-order valence-electron chi connectivity index (χ1n) is 6.21. The summed E-state index contributed by atoms with van der Waals surface area (Å²) in [5, 5.41) is 10.1. The fourth-order valence-corrected chi connectivity index (χ4v) is 1.93. The maximum atomic E-state index is 13.3. The highest BCUT2D eigenvalue weighted by Gasteiger charge is 2.56. The van der Waals surface area contributed by atoms with Gasteiger partial charge in [0, 0.05) is 14.2 Å². The Bertz CT molecular complexity index is 496. The highest BCUT2D eigenvalue weighted by atomic mass is 19.4. The molecule has 0 heterocycles. The second-order valence-corrected chi connectivity index (χ2v) is 4.53. The number of benzene rings is 1. The molecule has 1 N–H and O–H groups in total. The number of ether oxygens (including phenoxy) is 3. The molecular weight excluding hydrogens is 305 g/mol. The number of aliphatic hydroxyl groups is 1. The molecule has 0 aromatic heterocycles. The van der Waals surface area contributed by atoms with E-state index in [2.05, 4.69) is 9.47 Å². The summed E-state index contributed by atoms with van der Waals surface area (Å²) in [6, 6.07) is 4.63. The Kier molecular flexibility index (Phi) is 5.92. The summed E-state index contributed by atoms with van der Waals surface area (Å²) in [6.07, 6.45) is -7.76. The van der Waals surface area contributed by atoms with Crippen LogP contribution in [0.4, 0.5) is 13.2 Å². The molecule has 1 aromatic carbocycles. The molecule has 0 unspecified atom stereocenters. The molecule has 0 bridgehead atoms. The second-order valence-electron chi connectivity index (χ2n) is 4.53. The van der Waals surface area contributed by atoms with Gasteiger partial charge in [0.05, 0.1) is 13.5 Å². The molecule has 0 amide bonds. The van der Waals surface area contributed by atoms with E-state index in [-0.39, 0.29) is 0 Å². The molecule has 0 radical (unpaired) electrons. The number of halogens is 3. The van der Waals surface area contributed by atoms with Crippen LogP contribution in [0.5, 0.6) is 5.75 Å². The largest absolute Gasteiger partial charge is 0.497 e. The number of alkyl halides is 3. The maximum absolute atomic E-state index is 13.3. The normalized spacial score (nSPS) is 14.7. The van der Waals surface area contributed by atoms with Crippen molar-refractivity contribution >= 4 is 5.78 Å². The van der Waals surface area contributed by atoms with Gasteiger partial charge in [0.2, 0.25) is 6.29 Å². The van der Waals surface area contributed by atoms with E-state index in [0.29, 0.717) is 5.75 Å². The van der Waals surface area contributed by atoms with E-state index in [1.165, 1.54) is 19.2 Å². The minimum Gasteiger partial charge on any atom is -0.497 e. The van der Waals surface area contributed by atoms with Crippen molar-refractivity contribution in [1.29, 1.82) is 0 Å². The molecule has 0 spiro atoms. The van der Waals surface area contributed by atoms with Crippen molar-refractivity contribution in [3.8, 4) is 5.75 Å². The number of hydrogen-bond donors (Lipinski definition) is 1. The monoisotopic (exact) mass is 322 g/mol. The molecule has 5 nitrogen and oxygen atoms in total. The van der Waals surface area contributed by atoms with Crippen molar-refractivity contribution in [2.24, 2.45) is 0 Å². The van der Waals surface area contributed by atoms with Crippen LogP contribution in [0.15, 0.2) is 24.3 Å². The Hall–Kier alpha value is -1.64. The first-order chi connectivity index (χ1) is 10.2. The summed E-state index contributed by atoms with van der Waals surface area (Å²) >= 11 is 0. The summed E-state index contributed by atoms with van der Waals surface area (Å²) in [7, 11) is 3.59. The Morgan fingerprint density at radius 2 is 1.64 bits per heavy atom. The lowest BCUT2D eigenvalue weighted by atomic mass is 9.87. The average molecular weight is 322 g/mol. The summed E-state index contributed by atoms with van der Waals surface area (Å²) in [5.74, 6) is -0.702. The third-order valence-electron chi connectivity index (χ3n) is 3.16. The van der Waals surface area contributed by atoms with Gasteiger partial charge < -0.3 is 19.3 Å². The van der Waals surface area contributed by atoms with Crippen LogP contribution in [0.2, 0.25) is 0 Å². The van der Waals surface area contributed by atoms with Gasteiger partial charge in [-0.25, -0.2) is 0 Å². The zero-order chi connectivity index (χ0) is 17.0. The number of ketones is 1. The van der Waals surface area contributed by atoms with Gasteiger partial charge in [-0.3, -0.25) is 4.79 Å². The zero-order valence-corrected chi connectivity index (χ0v) is 12.3. The molecule has 124 valence electrons. The van der Waals surface area contributed by atoms with Crippen LogP contribution < -0.4 is 4.74 Å². The predicted octanol–water partition coefficient (Wildman–Crippen LogP) is 2.02. The van der Waals surface area contributed by atoms with E-state index >= 15 is 0 Å². The second kappa shape index (κ2) is 7.08. The lowest BCUT2D eigenvalue weighted by molar-refractivity contribution is -0.269. The van der Waals surface area contributed by atoms with Gasteiger partial charge in [-0.05, 0) is 17.7 Å². The van der Waals surface area contributed by atoms with Gasteiger partial charge in [0.15, 0.2) is 11.4 Å². The lowest BCUT2D eigenvalue weighted by Gasteiger charge is -2.31. The fourth-order valence-electron chi connectivity index (χ4n) is 1.93. The molecule has 1 aromatic rings. The van der Waals surface area contributed by atoms with Crippen LogP contribution in [0.3, 0.4) is 0 Å². The Morgan fingerprint density at radius 1 is 1.14 bits per heavy atom. The molecule has 0 fully saturated rings. The molecule has 0 aliphatic heterocycles. The van der Waals surface area contributed by atoms with E-state index in [0.717, 1.165) is 26.4 Å². The van der Waals surface area contributed by atoms with E-state index in [1.54, 1.807) is 0 Å². The molecule has 8 heteroatoms. The minimum atomic E-state index is -5.05. The van der Waals surface area contributed by atoms with Crippen LogP contribution in [0.1, 0.15) is 12.0 Å². The zero-order valence-electron chi connectivity index (χ0n) is 12.3. The summed E-state index contributed by atoms with van der Waals surface area (Å²) < 4.78 is 54.0. The molecule has 0 saturated carbocycles. The quantitative estimate of drug-likeness (QED) is 0.778. The molecule has 1 atom stereocenters. The van der Waals surface area contributed by atoms with Gasteiger partial charge >= 0.3 is 6.18 Å². The van der Waals surface area contributed by atoms with Gasteiger partial charge in [-0.1, -0.05) is 12.1 Å². The Morgan fingerprint density at radius 3 is 2.00 bits per heavy atom. The first kappa shape index (κ1) is 18.4. The smallest absolute Gasteiger partial charge is 0.421 e. The van der Waals surface area contributed by atoms with Crippen molar-refractivity contribution in [3.63, 3.8) is 0 Å². The Balaban J connectivity index is 3.17. The van der Waals surface area contributed by atoms with E-state index in [4.69, 9.17) is 4.74 Å². The summed E-state index contributed by atoms with van der Waals surface area (Å²) in [4.78, 5) is 11.8. The van der Waals surface area contributed by atoms with E-state index in [1.807, 2.05) is 0 Å². The Labute approximate surface area is 125 Å². The van der Waals surface area contributed by atoms with Gasteiger partial charge in [0.1, 0.15) is 5.75 Å². The van der Waals surface area contributed by atoms with Crippen LogP contribution in [0, 0.1) is 0 Å². The van der Waals surface area contributed by atoms with Crippen LogP contribution in [-0.2, 0) is 19.9 Å². The molecule has 0 aliphatic rings. The molecule has 0 saturated heterocycles. The fraction of sp³-hybridized carbons (Fsp3) is 0.500. The number of Topliss-reactive ketones (excluding diaryl/α,β-unsaturated/α-hetero) is 1. The standard InChI is InChI=1S/C14H17F3O5/c1-20-10-6-4-9(5-7-10)13(19,14(15,16)17)8-11(18)12(21-2)22-3/h4-7,12,19H,8H2,1-3H3/t13-/m0/s1. The number of rotatable bonds is 7.